The van der Waals surface area contributed by atoms with E-state index < -0.39 is 17.5 Å². The number of carbonyl (C=O) groups is 1. The molecule has 7 heteroatoms. The van der Waals surface area contributed by atoms with E-state index in [9.17, 15) is 18.0 Å². The van der Waals surface area contributed by atoms with Gasteiger partial charge in [-0.2, -0.15) is 0 Å². The summed E-state index contributed by atoms with van der Waals surface area (Å²) in [4.78, 5) is 18.2. The fourth-order valence-electron chi connectivity index (χ4n) is 3.25. The Morgan fingerprint density at radius 2 is 1.86 bits per heavy atom. The third-order valence-corrected chi connectivity index (χ3v) is 4.52. The van der Waals surface area contributed by atoms with Crippen LogP contribution in [0.4, 0.5) is 18.9 Å². The maximum Gasteiger partial charge on any atom is 0.227 e. The average molecular weight is 389 g/mol. The zero-order valence-electron chi connectivity index (χ0n) is 15.9. The Balaban J connectivity index is 2.10. The van der Waals surface area contributed by atoms with E-state index in [2.05, 4.69) is 4.98 Å². The SMILES string of the molecule is CCCC(=O)N(Cc1nc2c(F)cccc2n1CCC)c1cc(F)ccc1F. The molecule has 0 aliphatic rings. The lowest BCUT2D eigenvalue weighted by molar-refractivity contribution is -0.118. The van der Waals surface area contributed by atoms with Gasteiger partial charge in [0.25, 0.3) is 0 Å². The van der Waals surface area contributed by atoms with Crippen LogP contribution in [0.3, 0.4) is 0 Å². The molecule has 1 amide bonds. The molecule has 28 heavy (non-hydrogen) atoms. The third kappa shape index (κ3) is 3.88. The second-order valence-electron chi connectivity index (χ2n) is 6.61. The lowest BCUT2D eigenvalue weighted by Gasteiger charge is -2.23. The van der Waals surface area contributed by atoms with Crippen LogP contribution >= 0.6 is 0 Å². The Bertz CT molecular complexity index is 1000. The van der Waals surface area contributed by atoms with Crippen LogP contribution in [0.2, 0.25) is 0 Å². The zero-order chi connectivity index (χ0) is 20.3. The van der Waals surface area contributed by atoms with Gasteiger partial charge < -0.3 is 9.47 Å². The summed E-state index contributed by atoms with van der Waals surface area (Å²) < 4.78 is 44.2. The Morgan fingerprint density at radius 3 is 2.57 bits per heavy atom. The minimum absolute atomic E-state index is 0.0761. The van der Waals surface area contributed by atoms with Gasteiger partial charge in [0.15, 0.2) is 5.82 Å². The molecule has 0 saturated carbocycles. The van der Waals surface area contributed by atoms with E-state index in [1.54, 1.807) is 12.1 Å². The summed E-state index contributed by atoms with van der Waals surface area (Å²) in [6.07, 6.45) is 1.51. The van der Waals surface area contributed by atoms with Crippen LogP contribution in [-0.2, 0) is 17.9 Å². The normalized spacial score (nSPS) is 11.2. The number of anilines is 1. The van der Waals surface area contributed by atoms with Crippen molar-refractivity contribution >= 4 is 22.6 Å². The van der Waals surface area contributed by atoms with Crippen molar-refractivity contribution < 1.29 is 18.0 Å². The number of hydrogen-bond donors (Lipinski definition) is 0. The molecular formula is C21H22F3N3O. The van der Waals surface area contributed by atoms with Crippen molar-refractivity contribution in [1.82, 2.24) is 9.55 Å². The van der Waals surface area contributed by atoms with Gasteiger partial charge in [-0.05, 0) is 37.1 Å². The van der Waals surface area contributed by atoms with Crippen molar-refractivity contribution in [2.45, 2.75) is 46.2 Å². The molecule has 0 aliphatic carbocycles. The summed E-state index contributed by atoms with van der Waals surface area (Å²) in [5, 5.41) is 0. The minimum atomic E-state index is -0.699. The first-order valence-electron chi connectivity index (χ1n) is 9.35. The molecule has 0 saturated heterocycles. The second-order valence-corrected chi connectivity index (χ2v) is 6.61. The van der Waals surface area contributed by atoms with Gasteiger partial charge >= 0.3 is 0 Å². The van der Waals surface area contributed by atoms with Crippen LogP contribution in [-0.4, -0.2) is 15.5 Å². The fourth-order valence-corrected chi connectivity index (χ4v) is 3.25. The quantitative estimate of drug-likeness (QED) is 0.557. The molecule has 3 rings (SSSR count). The number of aromatic nitrogens is 2. The summed E-state index contributed by atoms with van der Waals surface area (Å²) in [5.74, 6) is -1.72. The predicted molar refractivity (Wildman–Crippen MR) is 102 cm³/mol. The van der Waals surface area contributed by atoms with E-state index in [0.717, 1.165) is 24.6 Å². The van der Waals surface area contributed by atoms with E-state index in [-0.39, 0.29) is 30.1 Å². The molecule has 0 fully saturated rings. The fraction of sp³-hybridized carbons (Fsp3) is 0.333. The van der Waals surface area contributed by atoms with Crippen LogP contribution in [0.5, 0.6) is 0 Å². The number of benzene rings is 2. The van der Waals surface area contributed by atoms with E-state index in [1.165, 1.54) is 11.0 Å². The van der Waals surface area contributed by atoms with Crippen LogP contribution in [0.15, 0.2) is 36.4 Å². The molecule has 148 valence electrons. The highest BCUT2D eigenvalue weighted by atomic mass is 19.1. The summed E-state index contributed by atoms with van der Waals surface area (Å²) in [5.41, 5.74) is 0.669. The van der Waals surface area contributed by atoms with Crippen molar-refractivity contribution in [2.75, 3.05) is 4.90 Å². The van der Waals surface area contributed by atoms with Crippen LogP contribution in [0, 0.1) is 17.5 Å². The van der Waals surface area contributed by atoms with Gasteiger partial charge in [-0.15, -0.1) is 0 Å². The van der Waals surface area contributed by atoms with Crippen molar-refractivity contribution in [1.29, 1.82) is 0 Å². The molecule has 4 nitrogen and oxygen atoms in total. The van der Waals surface area contributed by atoms with E-state index in [0.29, 0.717) is 24.3 Å². The van der Waals surface area contributed by atoms with Gasteiger partial charge in [-0.25, -0.2) is 18.2 Å². The molecule has 1 heterocycles. The minimum Gasteiger partial charge on any atom is -0.326 e. The van der Waals surface area contributed by atoms with E-state index in [1.807, 2.05) is 18.4 Å². The molecule has 3 aromatic rings. The molecule has 0 bridgehead atoms. The third-order valence-electron chi connectivity index (χ3n) is 4.52. The monoisotopic (exact) mass is 389 g/mol. The van der Waals surface area contributed by atoms with Gasteiger partial charge in [-0.3, -0.25) is 4.79 Å². The molecule has 2 aromatic carbocycles. The number of carbonyl (C=O) groups excluding carboxylic acids is 1. The van der Waals surface area contributed by atoms with Crippen molar-refractivity contribution in [3.63, 3.8) is 0 Å². The summed E-state index contributed by atoms with van der Waals surface area (Å²) in [6, 6.07) is 7.67. The first-order valence-corrected chi connectivity index (χ1v) is 9.35. The lowest BCUT2D eigenvalue weighted by atomic mass is 10.2. The highest BCUT2D eigenvalue weighted by molar-refractivity contribution is 5.93. The van der Waals surface area contributed by atoms with E-state index >= 15 is 0 Å². The number of imidazole rings is 1. The summed E-state index contributed by atoms with van der Waals surface area (Å²) in [7, 11) is 0. The number of hydrogen-bond acceptors (Lipinski definition) is 2. The molecule has 1 aromatic heterocycles. The van der Waals surface area contributed by atoms with Gasteiger partial charge in [0.2, 0.25) is 5.91 Å². The Hall–Kier alpha value is -2.83. The lowest BCUT2D eigenvalue weighted by Crippen LogP contribution is -2.32. The number of fused-ring (bicyclic) bond motifs is 1. The van der Waals surface area contributed by atoms with Crippen molar-refractivity contribution in [3.05, 3.63) is 59.7 Å². The van der Waals surface area contributed by atoms with Crippen molar-refractivity contribution in [3.8, 4) is 0 Å². The van der Waals surface area contributed by atoms with Crippen LogP contribution in [0.1, 0.15) is 38.9 Å². The number of aryl methyl sites for hydroxylation is 1. The van der Waals surface area contributed by atoms with Gasteiger partial charge in [0.05, 0.1) is 17.7 Å². The molecule has 0 radical (unpaired) electrons. The molecule has 0 unspecified atom stereocenters. The number of rotatable bonds is 7. The molecule has 0 aliphatic heterocycles. The van der Waals surface area contributed by atoms with Crippen LogP contribution < -0.4 is 4.90 Å². The van der Waals surface area contributed by atoms with Gasteiger partial charge in [-0.1, -0.05) is 19.9 Å². The maximum atomic E-state index is 14.4. The summed E-state index contributed by atoms with van der Waals surface area (Å²) >= 11 is 0. The molecule has 0 atom stereocenters. The molecule has 0 spiro atoms. The number of nitrogens with zero attached hydrogens (tertiary/aromatic N) is 3. The zero-order valence-corrected chi connectivity index (χ0v) is 15.9. The van der Waals surface area contributed by atoms with Crippen LogP contribution in [0.25, 0.3) is 11.0 Å². The Kier molecular flexibility index (Phi) is 6.02. The van der Waals surface area contributed by atoms with E-state index in [4.69, 9.17) is 0 Å². The van der Waals surface area contributed by atoms with Gasteiger partial charge in [0, 0.05) is 19.0 Å². The largest absolute Gasteiger partial charge is 0.326 e. The highest BCUT2D eigenvalue weighted by Gasteiger charge is 2.23. The predicted octanol–water partition coefficient (Wildman–Crippen LogP) is 5.20. The number of amides is 1. The van der Waals surface area contributed by atoms with Gasteiger partial charge in [0.1, 0.15) is 23.0 Å². The molecule has 0 N–H and O–H groups in total. The second kappa shape index (κ2) is 8.46. The number of halogens is 3. The highest BCUT2D eigenvalue weighted by Crippen LogP contribution is 2.26. The average Bonchev–Trinajstić information content (AvgIpc) is 3.01. The topological polar surface area (TPSA) is 38.1 Å². The number of para-hydroxylation sites is 1. The summed E-state index contributed by atoms with van der Waals surface area (Å²) in [6.45, 7) is 4.30. The maximum absolute atomic E-state index is 14.4. The Morgan fingerprint density at radius 1 is 1.07 bits per heavy atom. The Labute approximate surface area is 161 Å². The smallest absolute Gasteiger partial charge is 0.227 e. The standard InChI is InChI=1S/C21H22F3N3O/c1-3-6-20(28)27(18-12-14(22)9-10-15(18)23)13-19-25-21-16(24)7-5-8-17(21)26(19)11-4-2/h5,7-10,12H,3-4,6,11,13H2,1-2H3. The first kappa shape index (κ1) is 19.9. The first-order chi connectivity index (χ1) is 13.5. The van der Waals surface area contributed by atoms with Crippen molar-refractivity contribution in [2.24, 2.45) is 0 Å². The molecular weight excluding hydrogens is 367 g/mol.